The Morgan fingerprint density at radius 3 is 2.30 bits per heavy atom. The van der Waals surface area contributed by atoms with Crippen LogP contribution in [0.2, 0.25) is 0 Å². The monoisotopic (exact) mass is 433 g/mol. The van der Waals surface area contributed by atoms with E-state index in [1.165, 1.54) is 30.6 Å². The van der Waals surface area contributed by atoms with Gasteiger partial charge in [-0.05, 0) is 23.8 Å². The summed E-state index contributed by atoms with van der Waals surface area (Å²) in [4.78, 5) is 3.96. The van der Waals surface area contributed by atoms with E-state index in [-0.39, 0.29) is 16.9 Å². The van der Waals surface area contributed by atoms with Crippen molar-refractivity contribution < 1.29 is 37.8 Å². The van der Waals surface area contributed by atoms with Gasteiger partial charge in [0.2, 0.25) is 11.7 Å². The second-order valence-corrected chi connectivity index (χ2v) is 7.87. The van der Waals surface area contributed by atoms with Gasteiger partial charge in [-0.25, -0.2) is 0 Å². The quantitative estimate of drug-likeness (QED) is 0.455. The predicted octanol–water partition coefficient (Wildman–Crippen LogP) is -0.476. The summed E-state index contributed by atoms with van der Waals surface area (Å²) in [6.07, 6.45) is -4.99. The number of aromatic nitrogens is 1. The van der Waals surface area contributed by atoms with Crippen molar-refractivity contribution in [2.24, 2.45) is 0 Å². The van der Waals surface area contributed by atoms with Crippen molar-refractivity contribution in [1.29, 1.82) is 10.5 Å². The average Bonchev–Trinajstić information content (AvgIpc) is 2.72. The molecular formula is C18H15N3O8S. The summed E-state index contributed by atoms with van der Waals surface area (Å²) in [7, 11) is -4.92. The first-order valence-corrected chi connectivity index (χ1v) is 9.88. The number of hydrogen-bond acceptors (Lipinski definition) is 10. The van der Waals surface area contributed by atoms with Gasteiger partial charge in [-0.1, -0.05) is 6.07 Å². The van der Waals surface area contributed by atoms with Crippen molar-refractivity contribution in [2.75, 3.05) is 0 Å². The third-order valence-corrected chi connectivity index (χ3v) is 5.36. The molecule has 3 rings (SSSR count). The van der Waals surface area contributed by atoms with Gasteiger partial charge in [-0.3, -0.25) is 9.54 Å². The van der Waals surface area contributed by atoms with Gasteiger partial charge in [0, 0.05) is 11.8 Å². The zero-order valence-electron chi connectivity index (χ0n) is 15.0. The van der Waals surface area contributed by atoms with Gasteiger partial charge in [0.25, 0.3) is 10.1 Å². The Kier molecular flexibility index (Phi) is 6.00. The molecule has 1 saturated heterocycles. The van der Waals surface area contributed by atoms with Gasteiger partial charge in [-0.2, -0.15) is 18.9 Å². The SMILES string of the molecule is N#Cc1ccc(-c2cncc(O[C@@H]3OC(S(=O)(=O)O)[C@@H](O)[C@H](O)[C@H]3O)c2)cc1C#N. The van der Waals surface area contributed by atoms with Crippen molar-refractivity contribution in [2.45, 2.75) is 30.0 Å². The molecule has 0 spiro atoms. The lowest BCUT2D eigenvalue weighted by Gasteiger charge is -2.38. The fraction of sp³-hybridized carbons (Fsp3) is 0.278. The van der Waals surface area contributed by atoms with Crippen LogP contribution in [-0.4, -0.2) is 63.3 Å². The molecule has 4 N–H and O–H groups in total. The van der Waals surface area contributed by atoms with Crippen LogP contribution in [0.5, 0.6) is 5.75 Å². The third-order valence-electron chi connectivity index (χ3n) is 4.38. The van der Waals surface area contributed by atoms with Gasteiger partial charge in [-0.15, -0.1) is 0 Å². The molecule has 2 heterocycles. The molecule has 1 aliphatic heterocycles. The maximum absolute atomic E-state index is 11.4. The van der Waals surface area contributed by atoms with E-state index in [2.05, 4.69) is 4.98 Å². The molecule has 156 valence electrons. The summed E-state index contributed by atoms with van der Waals surface area (Å²) in [5, 5.41) is 47.8. The number of rotatable bonds is 4. The van der Waals surface area contributed by atoms with Crippen LogP contribution in [0.1, 0.15) is 11.1 Å². The molecule has 11 nitrogen and oxygen atoms in total. The van der Waals surface area contributed by atoms with E-state index in [4.69, 9.17) is 24.6 Å². The van der Waals surface area contributed by atoms with Crippen molar-refractivity contribution in [1.82, 2.24) is 4.98 Å². The number of aliphatic hydroxyl groups excluding tert-OH is 3. The maximum Gasteiger partial charge on any atom is 0.295 e. The highest BCUT2D eigenvalue weighted by Crippen LogP contribution is 2.29. The van der Waals surface area contributed by atoms with Crippen molar-refractivity contribution >= 4 is 10.1 Å². The Balaban J connectivity index is 1.88. The third kappa shape index (κ3) is 4.24. The van der Waals surface area contributed by atoms with Crippen LogP contribution < -0.4 is 4.74 Å². The standard InChI is InChI=1S/C18H15N3O8S/c19-5-10-2-1-9(3-11(10)6-20)12-4-13(8-21-7-12)28-17-15(23)14(22)16(24)18(29-17)30(25,26)27/h1-4,7-8,14-18,22-24H,(H,25,26,27)/t14-,15-,16+,17-,18?/m1/s1. The van der Waals surface area contributed by atoms with Crippen LogP contribution in [0.3, 0.4) is 0 Å². The van der Waals surface area contributed by atoms with Crippen LogP contribution in [0.15, 0.2) is 36.7 Å². The highest BCUT2D eigenvalue weighted by Gasteiger charge is 2.50. The maximum atomic E-state index is 11.4. The summed E-state index contributed by atoms with van der Waals surface area (Å²) in [6, 6.07) is 9.76. The average molecular weight is 433 g/mol. The number of benzene rings is 1. The molecule has 1 aliphatic rings. The van der Waals surface area contributed by atoms with Crippen LogP contribution in [0, 0.1) is 22.7 Å². The molecule has 0 amide bonds. The molecule has 1 aromatic heterocycles. The summed E-state index contributed by atoms with van der Waals surface area (Å²) in [5.74, 6) is -0.00269. The lowest BCUT2D eigenvalue weighted by molar-refractivity contribution is -0.254. The summed E-state index contributed by atoms with van der Waals surface area (Å²) in [6.45, 7) is 0. The Labute approximate surface area is 170 Å². The lowest BCUT2D eigenvalue weighted by Crippen LogP contribution is -2.61. The van der Waals surface area contributed by atoms with Crippen LogP contribution in [0.25, 0.3) is 11.1 Å². The zero-order chi connectivity index (χ0) is 22.1. The fourth-order valence-corrected chi connectivity index (χ4v) is 3.61. The number of pyridine rings is 1. The molecule has 1 unspecified atom stereocenters. The van der Waals surface area contributed by atoms with Gasteiger partial charge < -0.3 is 24.8 Å². The molecule has 1 aromatic carbocycles. The highest BCUT2D eigenvalue weighted by molar-refractivity contribution is 7.86. The zero-order valence-corrected chi connectivity index (χ0v) is 15.8. The number of nitriles is 2. The van der Waals surface area contributed by atoms with E-state index in [9.17, 15) is 23.7 Å². The minimum Gasteiger partial charge on any atom is -0.460 e. The van der Waals surface area contributed by atoms with Gasteiger partial charge in [0.05, 0.1) is 17.3 Å². The molecule has 1 fully saturated rings. The smallest absolute Gasteiger partial charge is 0.295 e. The molecule has 0 bridgehead atoms. The minimum absolute atomic E-state index is 0.00269. The van der Waals surface area contributed by atoms with Gasteiger partial charge >= 0.3 is 0 Å². The van der Waals surface area contributed by atoms with Gasteiger partial charge in [0.1, 0.15) is 36.2 Å². The van der Waals surface area contributed by atoms with Gasteiger partial charge in [0.15, 0.2) is 0 Å². The van der Waals surface area contributed by atoms with E-state index in [0.29, 0.717) is 11.1 Å². The Morgan fingerprint density at radius 2 is 1.67 bits per heavy atom. The van der Waals surface area contributed by atoms with Crippen molar-refractivity contribution in [3.8, 4) is 29.0 Å². The normalized spacial score (nSPS) is 26.4. The molecule has 2 aromatic rings. The topological polar surface area (TPSA) is 194 Å². The summed E-state index contributed by atoms with van der Waals surface area (Å²) in [5.41, 5.74) is -0.885. The van der Waals surface area contributed by atoms with E-state index >= 15 is 0 Å². The van der Waals surface area contributed by atoms with E-state index in [1.807, 2.05) is 12.1 Å². The second-order valence-electron chi connectivity index (χ2n) is 6.37. The Hall–Kier alpha value is -3.10. The first-order valence-electron chi connectivity index (χ1n) is 8.38. The first-order chi connectivity index (χ1) is 14.2. The number of ether oxygens (including phenoxy) is 2. The van der Waals surface area contributed by atoms with Crippen molar-refractivity contribution in [3.05, 3.63) is 47.8 Å². The molecule has 0 saturated carbocycles. The number of nitrogens with zero attached hydrogens (tertiary/aromatic N) is 3. The van der Waals surface area contributed by atoms with Crippen LogP contribution >= 0.6 is 0 Å². The van der Waals surface area contributed by atoms with E-state index in [1.54, 1.807) is 6.07 Å². The van der Waals surface area contributed by atoms with E-state index in [0.717, 1.165) is 0 Å². The largest absolute Gasteiger partial charge is 0.460 e. The van der Waals surface area contributed by atoms with Crippen molar-refractivity contribution in [3.63, 3.8) is 0 Å². The first kappa shape index (κ1) is 21.6. The number of hydrogen-bond donors (Lipinski definition) is 4. The molecule has 0 aliphatic carbocycles. The molecular weight excluding hydrogens is 418 g/mol. The molecule has 0 radical (unpaired) electrons. The Bertz CT molecular complexity index is 1140. The number of aliphatic hydroxyl groups is 3. The molecule has 5 atom stereocenters. The summed E-state index contributed by atoms with van der Waals surface area (Å²) >= 11 is 0. The minimum atomic E-state index is -4.92. The molecule has 30 heavy (non-hydrogen) atoms. The fourth-order valence-electron chi connectivity index (χ4n) is 2.85. The predicted molar refractivity (Wildman–Crippen MR) is 98.0 cm³/mol. The van der Waals surface area contributed by atoms with E-state index < -0.39 is 40.2 Å². The van der Waals surface area contributed by atoms with Crippen LogP contribution in [-0.2, 0) is 14.9 Å². The highest BCUT2D eigenvalue weighted by atomic mass is 32.2. The second kappa shape index (κ2) is 8.33. The summed E-state index contributed by atoms with van der Waals surface area (Å²) < 4.78 is 42.2. The van der Waals surface area contributed by atoms with Crippen LogP contribution in [0.4, 0.5) is 0 Å². The Morgan fingerprint density at radius 1 is 0.967 bits per heavy atom. The molecule has 12 heteroatoms. The lowest BCUT2D eigenvalue weighted by atomic mass is 10.0.